The van der Waals surface area contributed by atoms with Crippen molar-refractivity contribution in [1.82, 2.24) is 4.90 Å². The summed E-state index contributed by atoms with van der Waals surface area (Å²) < 4.78 is 0. The molecule has 0 atom stereocenters. The molecule has 2 rings (SSSR count). The van der Waals surface area contributed by atoms with E-state index in [2.05, 4.69) is 0 Å². The molecule has 0 saturated heterocycles. The highest BCUT2D eigenvalue weighted by Gasteiger charge is 2.22. The lowest BCUT2D eigenvalue weighted by Crippen LogP contribution is -2.35. The smallest absolute Gasteiger partial charge is 0.336 e. The molecular formula is C14H15NO3. The fraction of sp³-hybridized carbons (Fsp3) is 0.286. The summed E-state index contributed by atoms with van der Waals surface area (Å²) in [5, 5.41) is 9.07. The maximum absolute atomic E-state index is 12.3. The predicted octanol–water partition coefficient (Wildman–Crippen LogP) is 2.18. The van der Waals surface area contributed by atoms with Gasteiger partial charge in [-0.2, -0.15) is 0 Å². The lowest BCUT2D eigenvalue weighted by Gasteiger charge is -2.26. The second-order valence-corrected chi connectivity index (χ2v) is 4.40. The van der Waals surface area contributed by atoms with E-state index in [1.54, 1.807) is 23.1 Å². The van der Waals surface area contributed by atoms with Crippen LogP contribution in [-0.4, -0.2) is 35.0 Å². The molecule has 1 aromatic carbocycles. The van der Waals surface area contributed by atoms with Crippen LogP contribution in [0.4, 0.5) is 0 Å². The van der Waals surface area contributed by atoms with Crippen LogP contribution < -0.4 is 0 Å². The zero-order chi connectivity index (χ0) is 13.1. The Morgan fingerprint density at radius 3 is 2.44 bits per heavy atom. The number of carboxylic acid groups (broad SMARTS) is 1. The summed E-state index contributed by atoms with van der Waals surface area (Å²) in [6.07, 6.45) is 2.85. The van der Waals surface area contributed by atoms with Crippen molar-refractivity contribution in [3.63, 3.8) is 0 Å². The predicted molar refractivity (Wildman–Crippen MR) is 67.7 cm³/mol. The van der Waals surface area contributed by atoms with Gasteiger partial charge in [-0.05, 0) is 25.5 Å². The van der Waals surface area contributed by atoms with E-state index in [0.29, 0.717) is 13.1 Å². The fourth-order valence-corrected chi connectivity index (χ4v) is 1.98. The first-order valence-electron chi connectivity index (χ1n) is 5.87. The first-order chi connectivity index (χ1) is 8.59. The molecular weight excluding hydrogens is 230 g/mol. The van der Waals surface area contributed by atoms with Crippen LogP contribution in [0.25, 0.3) is 0 Å². The van der Waals surface area contributed by atoms with Gasteiger partial charge in [-0.3, -0.25) is 4.79 Å². The Hall–Kier alpha value is -2.10. The summed E-state index contributed by atoms with van der Waals surface area (Å²) in [6.45, 7) is 3.24. The van der Waals surface area contributed by atoms with Gasteiger partial charge in [0.2, 0.25) is 0 Å². The lowest BCUT2D eigenvalue weighted by atomic mass is 10.0. The Balaban J connectivity index is 2.27. The highest BCUT2D eigenvalue weighted by Crippen LogP contribution is 2.16. The van der Waals surface area contributed by atoms with E-state index >= 15 is 0 Å². The quantitative estimate of drug-likeness (QED) is 0.812. The maximum atomic E-state index is 12.3. The van der Waals surface area contributed by atoms with Crippen molar-refractivity contribution in [2.24, 2.45) is 0 Å². The number of nitrogens with zero attached hydrogens (tertiary/aromatic N) is 1. The van der Waals surface area contributed by atoms with Gasteiger partial charge in [-0.25, -0.2) is 4.79 Å². The van der Waals surface area contributed by atoms with Crippen molar-refractivity contribution in [3.05, 3.63) is 47.0 Å². The number of benzene rings is 1. The summed E-state index contributed by atoms with van der Waals surface area (Å²) in [6, 6.07) is 6.34. The molecule has 0 aromatic heterocycles. The van der Waals surface area contributed by atoms with Crippen LogP contribution in [0.5, 0.6) is 0 Å². The van der Waals surface area contributed by atoms with Crippen LogP contribution >= 0.6 is 0 Å². The minimum absolute atomic E-state index is 0.0637. The Morgan fingerprint density at radius 1 is 1.22 bits per heavy atom. The molecule has 0 bridgehead atoms. The number of hydrogen-bond acceptors (Lipinski definition) is 2. The molecule has 1 aliphatic heterocycles. The molecule has 4 heteroatoms. The van der Waals surface area contributed by atoms with Gasteiger partial charge >= 0.3 is 5.97 Å². The van der Waals surface area contributed by atoms with E-state index in [9.17, 15) is 9.59 Å². The molecule has 94 valence electrons. The summed E-state index contributed by atoms with van der Waals surface area (Å²) in [5.41, 5.74) is 1.59. The van der Waals surface area contributed by atoms with Crippen LogP contribution in [-0.2, 0) is 0 Å². The van der Waals surface area contributed by atoms with Crippen LogP contribution in [0.2, 0.25) is 0 Å². The van der Waals surface area contributed by atoms with E-state index in [0.717, 1.165) is 6.42 Å². The van der Waals surface area contributed by atoms with Gasteiger partial charge in [0.25, 0.3) is 5.91 Å². The van der Waals surface area contributed by atoms with Crippen molar-refractivity contribution in [2.75, 3.05) is 13.1 Å². The van der Waals surface area contributed by atoms with Gasteiger partial charge in [0.15, 0.2) is 0 Å². The first kappa shape index (κ1) is 12.4. The second kappa shape index (κ2) is 5.04. The third kappa shape index (κ3) is 2.42. The zero-order valence-corrected chi connectivity index (χ0v) is 10.2. The van der Waals surface area contributed by atoms with Gasteiger partial charge in [0.05, 0.1) is 11.1 Å². The SMILES string of the molecule is CC1=CCN(C(=O)c2ccccc2C(=O)O)CC1. The molecule has 1 aromatic rings. The van der Waals surface area contributed by atoms with Gasteiger partial charge in [0.1, 0.15) is 0 Å². The second-order valence-electron chi connectivity index (χ2n) is 4.40. The van der Waals surface area contributed by atoms with Crippen LogP contribution in [0.15, 0.2) is 35.9 Å². The Labute approximate surface area is 106 Å². The standard InChI is InChI=1S/C14H15NO3/c1-10-6-8-15(9-7-10)13(16)11-4-2-3-5-12(11)14(17)18/h2-6H,7-9H2,1H3,(H,17,18). The minimum atomic E-state index is -1.07. The topological polar surface area (TPSA) is 57.6 Å². The molecule has 0 aliphatic carbocycles. The largest absolute Gasteiger partial charge is 0.478 e. The molecule has 1 amide bonds. The molecule has 0 unspecified atom stereocenters. The van der Waals surface area contributed by atoms with E-state index in [1.165, 1.54) is 11.6 Å². The maximum Gasteiger partial charge on any atom is 0.336 e. The molecule has 1 N–H and O–H groups in total. The molecule has 1 heterocycles. The van der Waals surface area contributed by atoms with Gasteiger partial charge in [-0.1, -0.05) is 23.8 Å². The van der Waals surface area contributed by atoms with E-state index in [-0.39, 0.29) is 17.0 Å². The fourth-order valence-electron chi connectivity index (χ4n) is 1.98. The van der Waals surface area contributed by atoms with E-state index in [4.69, 9.17) is 5.11 Å². The molecule has 0 fully saturated rings. The number of rotatable bonds is 2. The number of carbonyl (C=O) groups is 2. The Kier molecular flexibility index (Phi) is 3.46. The first-order valence-corrected chi connectivity index (χ1v) is 5.87. The highest BCUT2D eigenvalue weighted by atomic mass is 16.4. The van der Waals surface area contributed by atoms with Crippen molar-refractivity contribution in [1.29, 1.82) is 0 Å². The Bertz CT molecular complexity index is 520. The van der Waals surface area contributed by atoms with Crippen molar-refractivity contribution in [2.45, 2.75) is 13.3 Å². The molecule has 4 nitrogen and oxygen atoms in total. The monoisotopic (exact) mass is 245 g/mol. The van der Waals surface area contributed by atoms with Gasteiger partial charge in [0, 0.05) is 13.1 Å². The number of hydrogen-bond donors (Lipinski definition) is 1. The van der Waals surface area contributed by atoms with Crippen LogP contribution in [0.1, 0.15) is 34.1 Å². The third-order valence-corrected chi connectivity index (χ3v) is 3.11. The molecule has 0 radical (unpaired) electrons. The van der Waals surface area contributed by atoms with Gasteiger partial charge < -0.3 is 10.0 Å². The van der Waals surface area contributed by atoms with Crippen molar-refractivity contribution < 1.29 is 14.7 Å². The highest BCUT2D eigenvalue weighted by molar-refractivity contribution is 6.04. The van der Waals surface area contributed by atoms with E-state index < -0.39 is 5.97 Å². The number of carbonyl (C=O) groups excluding carboxylic acids is 1. The summed E-state index contributed by atoms with van der Waals surface area (Å²) in [4.78, 5) is 25.0. The lowest BCUT2D eigenvalue weighted by molar-refractivity contribution is 0.0677. The molecule has 0 spiro atoms. The molecule has 1 aliphatic rings. The van der Waals surface area contributed by atoms with Crippen LogP contribution in [0.3, 0.4) is 0 Å². The average Bonchev–Trinajstić information content (AvgIpc) is 2.39. The Morgan fingerprint density at radius 2 is 1.89 bits per heavy atom. The zero-order valence-electron chi connectivity index (χ0n) is 10.2. The normalized spacial score (nSPS) is 15.2. The third-order valence-electron chi connectivity index (χ3n) is 3.11. The van der Waals surface area contributed by atoms with Crippen LogP contribution in [0, 0.1) is 0 Å². The molecule has 0 saturated carbocycles. The number of aromatic carboxylic acids is 1. The van der Waals surface area contributed by atoms with Gasteiger partial charge in [-0.15, -0.1) is 0 Å². The summed E-state index contributed by atoms with van der Waals surface area (Å²) >= 11 is 0. The number of amides is 1. The summed E-state index contributed by atoms with van der Waals surface area (Å²) in [5.74, 6) is -1.28. The average molecular weight is 245 g/mol. The van der Waals surface area contributed by atoms with Crippen molar-refractivity contribution in [3.8, 4) is 0 Å². The minimum Gasteiger partial charge on any atom is -0.478 e. The van der Waals surface area contributed by atoms with E-state index in [1.807, 2.05) is 13.0 Å². The van der Waals surface area contributed by atoms with Crippen molar-refractivity contribution >= 4 is 11.9 Å². The molecule has 18 heavy (non-hydrogen) atoms. The summed E-state index contributed by atoms with van der Waals surface area (Å²) in [7, 11) is 0. The number of carboxylic acids is 1.